The summed E-state index contributed by atoms with van der Waals surface area (Å²) in [4.78, 5) is 14.9. The van der Waals surface area contributed by atoms with Gasteiger partial charge in [0.25, 0.3) is 0 Å². The monoisotopic (exact) mass is 303 g/mol. The number of hydrogen-bond donors (Lipinski definition) is 1. The third-order valence-corrected chi connectivity index (χ3v) is 5.57. The fraction of sp³-hybridized carbons (Fsp3) is 0.611. The molecule has 0 radical (unpaired) electrons. The van der Waals surface area contributed by atoms with Crippen LogP contribution in [0.4, 0.5) is 0 Å². The van der Waals surface area contributed by atoms with Crippen molar-refractivity contribution in [3.05, 3.63) is 35.9 Å². The smallest absolute Gasteiger partial charge is 0.316 e. The number of benzene rings is 1. The van der Waals surface area contributed by atoms with E-state index < -0.39 is 5.92 Å². The average Bonchev–Trinajstić information content (AvgIpc) is 2.68. The van der Waals surface area contributed by atoms with E-state index in [-0.39, 0.29) is 24.2 Å². The van der Waals surface area contributed by atoms with Crippen molar-refractivity contribution in [1.29, 1.82) is 0 Å². The number of esters is 1. The van der Waals surface area contributed by atoms with Gasteiger partial charge in [-0.25, -0.2) is 0 Å². The van der Waals surface area contributed by atoms with Gasteiger partial charge in [-0.3, -0.25) is 9.69 Å². The molecule has 2 heterocycles. The van der Waals surface area contributed by atoms with Crippen LogP contribution >= 0.6 is 0 Å². The molecule has 3 unspecified atom stereocenters. The van der Waals surface area contributed by atoms with E-state index >= 15 is 0 Å². The molecule has 1 aromatic rings. The number of piperidine rings is 1. The Morgan fingerprint density at radius 1 is 1.45 bits per heavy atom. The summed E-state index contributed by atoms with van der Waals surface area (Å²) in [6.07, 6.45) is 4.12. The number of ether oxygens (including phenoxy) is 1. The van der Waals surface area contributed by atoms with Crippen LogP contribution in [0.3, 0.4) is 0 Å². The lowest BCUT2D eigenvalue weighted by Crippen LogP contribution is -2.51. The van der Waals surface area contributed by atoms with Crippen LogP contribution in [0.2, 0.25) is 0 Å². The van der Waals surface area contributed by atoms with Gasteiger partial charge < -0.3 is 9.84 Å². The molecule has 4 nitrogen and oxygen atoms in total. The molecule has 0 spiro atoms. The molecular formula is C18H25NO3. The number of fused-ring (bicyclic) bond motifs is 2. The minimum Gasteiger partial charge on any atom is -0.462 e. The molecule has 2 bridgehead atoms. The first kappa shape index (κ1) is 15.5. The van der Waals surface area contributed by atoms with Crippen molar-refractivity contribution in [2.24, 2.45) is 0 Å². The second-order valence-electron chi connectivity index (χ2n) is 6.94. The van der Waals surface area contributed by atoms with E-state index in [0.29, 0.717) is 6.04 Å². The van der Waals surface area contributed by atoms with Crippen LogP contribution in [0.5, 0.6) is 0 Å². The maximum atomic E-state index is 12.5. The van der Waals surface area contributed by atoms with Gasteiger partial charge in [0.05, 0.1) is 6.61 Å². The van der Waals surface area contributed by atoms with Crippen LogP contribution < -0.4 is 0 Å². The summed E-state index contributed by atoms with van der Waals surface area (Å²) in [7, 11) is 2.18. The number of aliphatic hydroxyl groups excluding tert-OH is 1. The normalized spacial score (nSPS) is 32.7. The highest BCUT2D eigenvalue weighted by Gasteiger charge is 2.48. The van der Waals surface area contributed by atoms with Crippen LogP contribution in [-0.2, 0) is 9.53 Å². The number of hydrogen-bond acceptors (Lipinski definition) is 4. The first-order valence-electron chi connectivity index (χ1n) is 8.13. The standard InChI is InChI=1S/C18H25NO3/c1-18-9-8-14(19(18)2)10-15(11-18)22-17(21)16(12-20)13-6-4-3-5-7-13/h3-7,14-16,20H,8-12H2,1-2H3/t14?,15-,16?,18?/m0/s1. The van der Waals surface area contributed by atoms with Gasteiger partial charge in [-0.05, 0) is 32.4 Å². The summed E-state index contributed by atoms with van der Waals surface area (Å²) in [6.45, 7) is 2.05. The SMILES string of the molecule is CN1C2CCC1(C)C[C@@H](OC(=O)C(CO)c1ccccc1)C2. The van der Waals surface area contributed by atoms with Crippen LogP contribution in [0.1, 0.15) is 44.1 Å². The molecular weight excluding hydrogens is 278 g/mol. The second-order valence-corrected chi connectivity index (χ2v) is 6.94. The lowest BCUT2D eigenvalue weighted by Gasteiger charge is -2.43. The van der Waals surface area contributed by atoms with E-state index in [1.807, 2.05) is 30.3 Å². The third kappa shape index (κ3) is 2.77. The molecule has 0 saturated carbocycles. The quantitative estimate of drug-likeness (QED) is 0.867. The Hall–Kier alpha value is -1.39. The highest BCUT2D eigenvalue weighted by atomic mass is 16.5. The lowest BCUT2D eigenvalue weighted by atomic mass is 9.89. The molecule has 0 aliphatic carbocycles. The first-order chi connectivity index (χ1) is 10.5. The predicted octanol–water partition coefficient (Wildman–Crippen LogP) is 2.32. The Balaban J connectivity index is 1.67. The summed E-state index contributed by atoms with van der Waals surface area (Å²) in [5.74, 6) is -0.877. The van der Waals surface area contributed by atoms with Crippen molar-refractivity contribution in [3.63, 3.8) is 0 Å². The Labute approximate surface area is 132 Å². The maximum Gasteiger partial charge on any atom is 0.316 e. The molecule has 2 aliphatic heterocycles. The van der Waals surface area contributed by atoms with Crippen molar-refractivity contribution < 1.29 is 14.6 Å². The number of aliphatic hydroxyl groups is 1. The molecule has 0 aromatic heterocycles. The zero-order valence-corrected chi connectivity index (χ0v) is 13.4. The Morgan fingerprint density at radius 2 is 2.18 bits per heavy atom. The van der Waals surface area contributed by atoms with Crippen molar-refractivity contribution in [2.75, 3.05) is 13.7 Å². The number of carbonyl (C=O) groups excluding carboxylic acids is 1. The molecule has 2 fully saturated rings. The summed E-state index contributed by atoms with van der Waals surface area (Å²) >= 11 is 0. The van der Waals surface area contributed by atoms with Crippen LogP contribution in [0.25, 0.3) is 0 Å². The van der Waals surface area contributed by atoms with Gasteiger partial charge in [-0.1, -0.05) is 30.3 Å². The Kier molecular flexibility index (Phi) is 4.24. The number of nitrogens with zero attached hydrogens (tertiary/aromatic N) is 1. The molecule has 1 N–H and O–H groups in total. The van der Waals surface area contributed by atoms with Crippen LogP contribution in [0.15, 0.2) is 30.3 Å². The topological polar surface area (TPSA) is 49.8 Å². The van der Waals surface area contributed by atoms with E-state index in [4.69, 9.17) is 4.74 Å². The molecule has 1 aromatic carbocycles. The zero-order valence-electron chi connectivity index (χ0n) is 13.4. The van der Waals surface area contributed by atoms with Gasteiger partial charge in [0.1, 0.15) is 12.0 Å². The minimum absolute atomic E-state index is 0.0287. The van der Waals surface area contributed by atoms with Gasteiger partial charge in [-0.15, -0.1) is 0 Å². The van der Waals surface area contributed by atoms with Crippen LogP contribution in [0, 0.1) is 0 Å². The molecule has 22 heavy (non-hydrogen) atoms. The predicted molar refractivity (Wildman–Crippen MR) is 84.6 cm³/mol. The number of carbonyl (C=O) groups is 1. The molecule has 120 valence electrons. The van der Waals surface area contributed by atoms with E-state index in [2.05, 4.69) is 18.9 Å². The molecule has 2 saturated heterocycles. The van der Waals surface area contributed by atoms with E-state index in [1.165, 1.54) is 12.8 Å². The summed E-state index contributed by atoms with van der Waals surface area (Å²) in [6, 6.07) is 9.90. The van der Waals surface area contributed by atoms with Crippen LogP contribution in [-0.4, -0.2) is 47.3 Å². The summed E-state index contributed by atoms with van der Waals surface area (Å²) in [5.41, 5.74) is 0.965. The first-order valence-corrected chi connectivity index (χ1v) is 8.13. The Morgan fingerprint density at radius 3 is 2.82 bits per heavy atom. The van der Waals surface area contributed by atoms with Crippen molar-refractivity contribution in [1.82, 2.24) is 4.90 Å². The molecule has 0 amide bonds. The fourth-order valence-corrected chi connectivity index (χ4v) is 4.03. The van der Waals surface area contributed by atoms with E-state index in [9.17, 15) is 9.90 Å². The third-order valence-electron chi connectivity index (χ3n) is 5.57. The zero-order chi connectivity index (χ0) is 15.7. The van der Waals surface area contributed by atoms with Gasteiger partial charge >= 0.3 is 5.97 Å². The summed E-state index contributed by atoms with van der Waals surface area (Å²) in [5, 5.41) is 9.58. The lowest BCUT2D eigenvalue weighted by molar-refractivity contribution is -0.156. The maximum absolute atomic E-state index is 12.5. The molecule has 4 atom stereocenters. The average molecular weight is 303 g/mol. The van der Waals surface area contributed by atoms with Gasteiger partial charge in [0.15, 0.2) is 0 Å². The largest absolute Gasteiger partial charge is 0.462 e. The van der Waals surface area contributed by atoms with Crippen molar-refractivity contribution in [2.45, 2.75) is 56.2 Å². The van der Waals surface area contributed by atoms with E-state index in [1.54, 1.807) is 0 Å². The molecule has 3 rings (SSSR count). The molecule has 4 heteroatoms. The highest BCUT2D eigenvalue weighted by Crippen LogP contribution is 2.43. The van der Waals surface area contributed by atoms with Crippen molar-refractivity contribution in [3.8, 4) is 0 Å². The number of rotatable bonds is 4. The Bertz CT molecular complexity index is 532. The van der Waals surface area contributed by atoms with Gasteiger partial charge in [-0.2, -0.15) is 0 Å². The van der Waals surface area contributed by atoms with Gasteiger partial charge in [0, 0.05) is 24.4 Å². The van der Waals surface area contributed by atoms with E-state index in [0.717, 1.165) is 18.4 Å². The molecule has 2 aliphatic rings. The van der Waals surface area contributed by atoms with Crippen molar-refractivity contribution >= 4 is 5.97 Å². The minimum atomic E-state index is -0.577. The van der Waals surface area contributed by atoms with Gasteiger partial charge in [0.2, 0.25) is 0 Å². The summed E-state index contributed by atoms with van der Waals surface area (Å²) < 4.78 is 5.77. The second kappa shape index (κ2) is 6.01. The highest BCUT2D eigenvalue weighted by molar-refractivity contribution is 5.78. The fourth-order valence-electron chi connectivity index (χ4n) is 4.03.